The Bertz CT molecular complexity index is 791. The van der Waals surface area contributed by atoms with Gasteiger partial charge in [0.15, 0.2) is 5.76 Å². The van der Waals surface area contributed by atoms with Crippen LogP contribution in [0, 0.1) is 24.0 Å². The first-order chi connectivity index (χ1) is 12.0. The monoisotopic (exact) mass is 343 g/mol. The largest absolute Gasteiger partial charge is 0.459 e. The van der Waals surface area contributed by atoms with Crippen molar-refractivity contribution in [1.29, 1.82) is 0 Å². The second kappa shape index (κ2) is 6.96. The van der Waals surface area contributed by atoms with E-state index in [4.69, 9.17) is 4.42 Å². The van der Waals surface area contributed by atoms with E-state index in [1.165, 1.54) is 6.26 Å². The number of piperidine rings is 1. The first kappa shape index (κ1) is 17.0. The molecule has 0 aliphatic carbocycles. The second-order valence-electron chi connectivity index (χ2n) is 6.42. The Balaban J connectivity index is 1.65. The number of nitro groups is 1. The van der Waals surface area contributed by atoms with E-state index in [2.05, 4.69) is 5.32 Å². The molecule has 25 heavy (non-hydrogen) atoms. The molecule has 7 nitrogen and oxygen atoms in total. The molecule has 0 spiro atoms. The fourth-order valence-electron chi connectivity index (χ4n) is 3.16. The van der Waals surface area contributed by atoms with Crippen LogP contribution in [0.3, 0.4) is 0 Å². The minimum absolute atomic E-state index is 0.0390. The number of furan rings is 1. The van der Waals surface area contributed by atoms with E-state index in [-0.39, 0.29) is 22.6 Å². The van der Waals surface area contributed by atoms with Crippen molar-refractivity contribution in [1.82, 2.24) is 5.32 Å². The van der Waals surface area contributed by atoms with E-state index in [0.717, 1.165) is 24.0 Å². The van der Waals surface area contributed by atoms with E-state index in [1.54, 1.807) is 18.2 Å². The summed E-state index contributed by atoms with van der Waals surface area (Å²) in [6, 6.07) is 6.95. The molecule has 1 aliphatic heterocycles. The molecule has 1 aliphatic rings. The highest BCUT2D eigenvalue weighted by Crippen LogP contribution is 2.31. The van der Waals surface area contributed by atoms with Crippen LogP contribution in [-0.2, 0) is 0 Å². The molecule has 0 unspecified atom stereocenters. The lowest BCUT2D eigenvalue weighted by atomic mass is 10.0. The first-order valence-electron chi connectivity index (χ1n) is 8.30. The number of anilines is 1. The van der Waals surface area contributed by atoms with Gasteiger partial charge in [-0.25, -0.2) is 0 Å². The van der Waals surface area contributed by atoms with Gasteiger partial charge in [-0.15, -0.1) is 0 Å². The standard InChI is InChI=1S/C18H21N3O4/c1-12-3-4-15(21(23)24)16(11-12)20-8-5-14(6-9-20)19-18(22)17-13(2)7-10-25-17/h3-4,7,10-11,14H,5-6,8-9H2,1-2H3,(H,19,22). The molecule has 0 bridgehead atoms. The number of carbonyl (C=O) groups is 1. The molecule has 2 aromatic rings. The predicted molar refractivity (Wildman–Crippen MR) is 94.0 cm³/mol. The van der Waals surface area contributed by atoms with Crippen LogP contribution in [0.2, 0.25) is 0 Å². The Morgan fingerprint density at radius 3 is 2.60 bits per heavy atom. The number of rotatable bonds is 4. The van der Waals surface area contributed by atoms with Gasteiger partial charge in [-0.05, 0) is 44.4 Å². The summed E-state index contributed by atoms with van der Waals surface area (Å²) in [5.74, 6) is 0.138. The van der Waals surface area contributed by atoms with Crippen LogP contribution in [0.15, 0.2) is 34.9 Å². The molecule has 1 saturated heterocycles. The zero-order valence-electron chi connectivity index (χ0n) is 14.3. The smallest absolute Gasteiger partial charge is 0.292 e. The van der Waals surface area contributed by atoms with E-state index in [9.17, 15) is 14.9 Å². The zero-order valence-corrected chi connectivity index (χ0v) is 14.3. The number of hydrogen-bond donors (Lipinski definition) is 1. The summed E-state index contributed by atoms with van der Waals surface area (Å²) in [5, 5.41) is 14.2. The summed E-state index contributed by atoms with van der Waals surface area (Å²) in [7, 11) is 0. The van der Waals surface area contributed by atoms with Gasteiger partial charge in [-0.3, -0.25) is 14.9 Å². The third kappa shape index (κ3) is 3.65. The topological polar surface area (TPSA) is 88.6 Å². The maximum Gasteiger partial charge on any atom is 0.292 e. The molecule has 3 rings (SSSR count). The van der Waals surface area contributed by atoms with Crippen molar-refractivity contribution in [3.05, 3.63) is 57.5 Å². The van der Waals surface area contributed by atoms with Crippen LogP contribution >= 0.6 is 0 Å². The second-order valence-corrected chi connectivity index (χ2v) is 6.42. The fraction of sp³-hybridized carbons (Fsp3) is 0.389. The molecule has 1 N–H and O–H groups in total. The van der Waals surface area contributed by atoms with Crippen molar-refractivity contribution in [3.63, 3.8) is 0 Å². The van der Waals surface area contributed by atoms with E-state index >= 15 is 0 Å². The van der Waals surface area contributed by atoms with Crippen molar-refractivity contribution in [3.8, 4) is 0 Å². The lowest BCUT2D eigenvalue weighted by Crippen LogP contribution is -2.44. The molecule has 1 aromatic heterocycles. The van der Waals surface area contributed by atoms with E-state index < -0.39 is 0 Å². The summed E-state index contributed by atoms with van der Waals surface area (Å²) in [6.45, 7) is 5.07. The number of amides is 1. The summed E-state index contributed by atoms with van der Waals surface area (Å²) in [5.41, 5.74) is 2.57. The van der Waals surface area contributed by atoms with Crippen molar-refractivity contribution in [2.45, 2.75) is 32.7 Å². The molecule has 1 amide bonds. The summed E-state index contributed by atoms with van der Waals surface area (Å²) in [4.78, 5) is 25.2. The Labute approximate surface area is 145 Å². The molecule has 2 heterocycles. The molecular formula is C18H21N3O4. The molecule has 7 heteroatoms. The maximum atomic E-state index is 12.2. The summed E-state index contributed by atoms with van der Waals surface area (Å²) in [6.07, 6.45) is 2.97. The van der Waals surface area contributed by atoms with Gasteiger partial charge < -0.3 is 14.6 Å². The van der Waals surface area contributed by atoms with Crippen LogP contribution in [0.1, 0.15) is 34.5 Å². The van der Waals surface area contributed by atoms with Crippen LogP contribution < -0.4 is 10.2 Å². The Kier molecular flexibility index (Phi) is 4.74. The van der Waals surface area contributed by atoms with Crippen molar-refractivity contribution in [2.75, 3.05) is 18.0 Å². The molecule has 132 valence electrons. The molecule has 0 radical (unpaired) electrons. The zero-order chi connectivity index (χ0) is 18.0. The molecule has 1 fully saturated rings. The van der Waals surface area contributed by atoms with Gasteiger partial charge in [0.05, 0.1) is 11.2 Å². The van der Waals surface area contributed by atoms with Gasteiger partial charge in [0.2, 0.25) is 0 Å². The number of benzene rings is 1. The highest BCUT2D eigenvalue weighted by Gasteiger charge is 2.26. The van der Waals surface area contributed by atoms with Gasteiger partial charge in [0.25, 0.3) is 11.6 Å². The summed E-state index contributed by atoms with van der Waals surface area (Å²) >= 11 is 0. The number of nitrogens with one attached hydrogen (secondary N) is 1. The van der Waals surface area contributed by atoms with Gasteiger partial charge in [-0.1, -0.05) is 6.07 Å². The lowest BCUT2D eigenvalue weighted by Gasteiger charge is -2.33. The van der Waals surface area contributed by atoms with Gasteiger partial charge >= 0.3 is 0 Å². The Morgan fingerprint density at radius 1 is 1.28 bits per heavy atom. The molecule has 0 atom stereocenters. The maximum absolute atomic E-state index is 12.2. The molecule has 1 aromatic carbocycles. The van der Waals surface area contributed by atoms with Gasteiger partial charge in [0, 0.05) is 30.8 Å². The fourth-order valence-corrected chi connectivity index (χ4v) is 3.16. The van der Waals surface area contributed by atoms with Gasteiger partial charge in [-0.2, -0.15) is 0 Å². The van der Waals surface area contributed by atoms with Crippen molar-refractivity contribution >= 4 is 17.3 Å². The average Bonchev–Trinajstić information content (AvgIpc) is 3.01. The number of nitro benzene ring substituents is 1. The SMILES string of the molecule is Cc1ccc([N+](=O)[O-])c(N2CCC(NC(=O)c3occc3C)CC2)c1. The van der Waals surface area contributed by atoms with Gasteiger partial charge in [0.1, 0.15) is 5.69 Å². The predicted octanol–water partition coefficient (Wildman–Crippen LogP) is 3.20. The Hall–Kier alpha value is -2.83. The number of carbonyl (C=O) groups excluding carboxylic acids is 1. The third-order valence-electron chi connectivity index (χ3n) is 4.57. The van der Waals surface area contributed by atoms with Crippen molar-refractivity contribution in [2.24, 2.45) is 0 Å². The number of nitrogens with zero attached hydrogens (tertiary/aromatic N) is 2. The van der Waals surface area contributed by atoms with Crippen LogP contribution in [-0.4, -0.2) is 30.0 Å². The minimum atomic E-state index is -0.345. The van der Waals surface area contributed by atoms with Crippen LogP contribution in [0.4, 0.5) is 11.4 Å². The third-order valence-corrected chi connectivity index (χ3v) is 4.57. The molecular weight excluding hydrogens is 322 g/mol. The first-order valence-corrected chi connectivity index (χ1v) is 8.30. The number of aryl methyl sites for hydroxylation is 2. The highest BCUT2D eigenvalue weighted by atomic mass is 16.6. The van der Waals surface area contributed by atoms with Crippen LogP contribution in [0.25, 0.3) is 0 Å². The average molecular weight is 343 g/mol. The number of hydrogen-bond acceptors (Lipinski definition) is 5. The minimum Gasteiger partial charge on any atom is -0.459 e. The lowest BCUT2D eigenvalue weighted by molar-refractivity contribution is -0.384. The van der Waals surface area contributed by atoms with Crippen LogP contribution in [0.5, 0.6) is 0 Å². The Morgan fingerprint density at radius 2 is 2.00 bits per heavy atom. The normalized spacial score (nSPS) is 15.2. The van der Waals surface area contributed by atoms with Crippen molar-refractivity contribution < 1.29 is 14.1 Å². The quantitative estimate of drug-likeness (QED) is 0.680. The highest BCUT2D eigenvalue weighted by molar-refractivity contribution is 5.93. The van der Waals surface area contributed by atoms with E-state index in [0.29, 0.717) is 24.5 Å². The summed E-state index contributed by atoms with van der Waals surface area (Å²) < 4.78 is 5.22. The van der Waals surface area contributed by atoms with E-state index in [1.807, 2.05) is 24.8 Å². The molecule has 0 saturated carbocycles.